The van der Waals surface area contributed by atoms with Crippen LogP contribution in [0.25, 0.3) is 0 Å². The molecule has 0 aliphatic carbocycles. The Bertz CT molecular complexity index is 1310. The van der Waals surface area contributed by atoms with E-state index in [-0.39, 0.29) is 74.7 Å². The number of halogens is 1. The fraction of sp³-hybridized carbons (Fsp3) is 0.775. The van der Waals surface area contributed by atoms with Crippen molar-refractivity contribution < 1.29 is 51.8 Å². The quantitative estimate of drug-likeness (QED) is 0.0337. The van der Waals surface area contributed by atoms with Crippen molar-refractivity contribution >= 4 is 37.3 Å². The van der Waals surface area contributed by atoms with Crippen molar-refractivity contribution in [2.24, 2.45) is 10.9 Å². The fourth-order valence-electron chi connectivity index (χ4n) is 5.68. The highest BCUT2D eigenvalue weighted by molar-refractivity contribution is 7.48. The van der Waals surface area contributed by atoms with Crippen LogP contribution < -0.4 is 15.2 Å². The molecule has 1 aliphatic rings. The number of urea groups is 1. The number of hydrogen-bond donors (Lipinski definition) is 3. The van der Waals surface area contributed by atoms with E-state index in [1.54, 1.807) is 45.0 Å². The number of nitrogens with one attached hydrogen (secondary N) is 2. The molecule has 0 spiro atoms. The molecule has 1 heterocycles. The average molecular weight is 849 g/mol. The lowest BCUT2D eigenvalue weighted by molar-refractivity contribution is -0.264. The molecule has 0 radical (unpaired) electrons. The minimum absolute atomic E-state index is 0.0232. The number of carbonyl (C=O) groups excluding carboxylic acids is 2. The lowest BCUT2D eigenvalue weighted by Crippen LogP contribution is -2.56. The summed E-state index contributed by atoms with van der Waals surface area (Å²) in [5.74, 6) is -0.464. The van der Waals surface area contributed by atoms with Crippen LogP contribution in [-0.2, 0) is 37.4 Å². The highest BCUT2D eigenvalue weighted by Crippen LogP contribution is 2.50. The molecule has 3 atom stereocenters. The Hall–Kier alpha value is -2.33. The van der Waals surface area contributed by atoms with Gasteiger partial charge in [0.15, 0.2) is 0 Å². The Kier molecular flexibility index (Phi) is 28.1. The monoisotopic (exact) mass is 848 g/mol. The summed E-state index contributed by atoms with van der Waals surface area (Å²) >= 11 is 6.27. The van der Waals surface area contributed by atoms with Crippen molar-refractivity contribution in [3.8, 4) is 5.75 Å². The van der Waals surface area contributed by atoms with Crippen LogP contribution in [0.2, 0.25) is 5.02 Å². The summed E-state index contributed by atoms with van der Waals surface area (Å²) in [6, 6.07) is 5.87. The maximum absolute atomic E-state index is 13.8. The number of unbranched alkanes of at least 4 members (excludes halogenated alkanes) is 13. The van der Waals surface area contributed by atoms with Gasteiger partial charge in [0.25, 0.3) is 6.48 Å². The van der Waals surface area contributed by atoms with E-state index < -0.39 is 26.6 Å². The van der Waals surface area contributed by atoms with Crippen LogP contribution in [0.3, 0.4) is 0 Å². The molecule has 328 valence electrons. The molecule has 0 aromatic heterocycles. The van der Waals surface area contributed by atoms with E-state index in [9.17, 15) is 19.3 Å². The minimum Gasteiger partial charge on any atom is -0.402 e. The fourth-order valence-corrected chi connectivity index (χ4v) is 7.13. The van der Waals surface area contributed by atoms with Gasteiger partial charge in [-0.15, -0.1) is 0 Å². The number of aliphatic hydroxyl groups is 1. The molecule has 2 rings (SSSR count). The SMILES string of the molecule is CCCCCCCCCCCCCCCCOCCCOP(=O)(OCCO[C@H](CCOC(O)OCC)N1CNC(NC(=O)C(C)C)=NC1=O)Oc1ccccc1Cl. The normalized spacial score (nSPS) is 15.2. The number of rotatable bonds is 35. The van der Waals surface area contributed by atoms with Crippen molar-refractivity contribution in [1.29, 1.82) is 0 Å². The van der Waals surface area contributed by atoms with Gasteiger partial charge in [-0.05, 0) is 31.9 Å². The molecule has 3 N–H and O–H groups in total. The number of phosphoric acid groups is 1. The zero-order valence-electron chi connectivity index (χ0n) is 34.8. The van der Waals surface area contributed by atoms with Gasteiger partial charge in [0, 0.05) is 32.2 Å². The molecule has 1 aromatic rings. The highest BCUT2D eigenvalue weighted by Gasteiger charge is 2.32. The van der Waals surface area contributed by atoms with E-state index >= 15 is 0 Å². The van der Waals surface area contributed by atoms with Gasteiger partial charge in [-0.3, -0.25) is 24.1 Å². The van der Waals surface area contributed by atoms with Gasteiger partial charge in [0.05, 0.1) is 38.1 Å². The largest absolute Gasteiger partial charge is 0.530 e. The molecule has 1 aromatic carbocycles. The van der Waals surface area contributed by atoms with Crippen molar-refractivity contribution in [1.82, 2.24) is 15.5 Å². The van der Waals surface area contributed by atoms with Gasteiger partial charge < -0.3 is 33.9 Å². The number of guanidine groups is 1. The Morgan fingerprint density at radius 3 is 2.07 bits per heavy atom. The number of ether oxygens (including phenoxy) is 4. The Labute approximate surface area is 345 Å². The molecule has 1 aliphatic heterocycles. The number of nitrogens with zero attached hydrogens (tertiary/aromatic N) is 2. The van der Waals surface area contributed by atoms with Crippen molar-refractivity contribution in [2.45, 2.75) is 143 Å². The first-order valence-corrected chi connectivity index (χ1v) is 22.8. The molecular formula is C40H70ClN4O11P. The number of phosphoric ester groups is 1. The summed E-state index contributed by atoms with van der Waals surface area (Å²) in [5.41, 5.74) is 0. The van der Waals surface area contributed by atoms with Crippen LogP contribution in [0.4, 0.5) is 4.79 Å². The second-order valence-electron chi connectivity index (χ2n) is 14.1. The Morgan fingerprint density at radius 1 is 0.842 bits per heavy atom. The second-order valence-corrected chi connectivity index (χ2v) is 16.1. The summed E-state index contributed by atoms with van der Waals surface area (Å²) in [5, 5.41) is 15.5. The van der Waals surface area contributed by atoms with Gasteiger partial charge in [-0.25, -0.2) is 9.36 Å². The molecule has 15 nitrogen and oxygen atoms in total. The topological polar surface area (TPSA) is 176 Å². The first-order chi connectivity index (χ1) is 27.6. The molecule has 2 unspecified atom stereocenters. The number of aliphatic imine (C=N–C) groups is 1. The zero-order valence-corrected chi connectivity index (χ0v) is 36.4. The van der Waals surface area contributed by atoms with Crippen LogP contribution in [0.15, 0.2) is 29.3 Å². The summed E-state index contributed by atoms with van der Waals surface area (Å²) in [4.78, 5) is 30.3. The smallest absolute Gasteiger partial charge is 0.402 e. The molecule has 0 bridgehead atoms. The summed E-state index contributed by atoms with van der Waals surface area (Å²) in [6.45, 7) is 6.83. The molecule has 3 amide bonds. The first-order valence-electron chi connectivity index (χ1n) is 21.0. The molecule has 17 heteroatoms. The van der Waals surface area contributed by atoms with E-state index in [1.807, 2.05) is 0 Å². The van der Waals surface area contributed by atoms with E-state index in [2.05, 4.69) is 22.5 Å². The third-order valence-electron chi connectivity index (χ3n) is 8.93. The second kappa shape index (κ2) is 31.6. The molecule has 57 heavy (non-hydrogen) atoms. The van der Waals surface area contributed by atoms with E-state index in [4.69, 9.17) is 44.1 Å². The van der Waals surface area contributed by atoms with E-state index in [1.165, 1.54) is 81.9 Å². The average Bonchev–Trinajstić information content (AvgIpc) is 3.18. The summed E-state index contributed by atoms with van der Waals surface area (Å²) < 4.78 is 52.8. The predicted molar refractivity (Wildman–Crippen MR) is 221 cm³/mol. The number of para-hydroxylation sites is 1. The third-order valence-corrected chi connectivity index (χ3v) is 10.7. The number of benzene rings is 1. The van der Waals surface area contributed by atoms with E-state index in [0.29, 0.717) is 19.6 Å². The Morgan fingerprint density at radius 2 is 1.46 bits per heavy atom. The number of amides is 3. The van der Waals surface area contributed by atoms with Gasteiger partial charge in [-0.1, -0.05) is 128 Å². The van der Waals surface area contributed by atoms with Crippen molar-refractivity contribution in [2.75, 3.05) is 52.9 Å². The number of hydrogen-bond acceptors (Lipinski definition) is 12. The first kappa shape index (κ1) is 50.8. The van der Waals surface area contributed by atoms with Crippen molar-refractivity contribution in [3.63, 3.8) is 0 Å². The maximum atomic E-state index is 13.8. The minimum atomic E-state index is -4.19. The molecule has 0 fully saturated rings. The van der Waals surface area contributed by atoms with Crippen LogP contribution in [0.1, 0.15) is 130 Å². The molecule has 0 saturated carbocycles. The standard InChI is InChI=1S/C40H70ClN4O11P/c1-5-7-8-9-10-11-12-13-14-15-16-17-18-21-26-50-27-22-28-54-57(49,56-35-24-20-19-23-34(35)41)55-31-30-52-36(25-29-53-40(48)51-6-2)45-32-42-38(44-39(45)47)43-37(46)33(3)4/h19-20,23-24,33,36,40,48H,5-18,21-22,25-32H2,1-4H3,(H2,42,43,44,46,47)/t36-,40?,57?/m1/s1. The van der Waals surface area contributed by atoms with Gasteiger partial charge in [0.1, 0.15) is 12.0 Å². The molecular weight excluding hydrogens is 779 g/mol. The summed E-state index contributed by atoms with van der Waals surface area (Å²) in [7, 11) is -4.19. The van der Waals surface area contributed by atoms with E-state index in [0.717, 1.165) is 12.8 Å². The predicted octanol–water partition coefficient (Wildman–Crippen LogP) is 8.92. The maximum Gasteiger partial charge on any atom is 0.530 e. The third kappa shape index (κ3) is 23.8. The van der Waals surface area contributed by atoms with Crippen LogP contribution >= 0.6 is 19.4 Å². The highest BCUT2D eigenvalue weighted by atomic mass is 35.5. The van der Waals surface area contributed by atoms with Crippen LogP contribution in [0.5, 0.6) is 5.75 Å². The van der Waals surface area contributed by atoms with Gasteiger partial charge >= 0.3 is 13.9 Å². The van der Waals surface area contributed by atoms with Crippen LogP contribution in [0, 0.1) is 5.92 Å². The lowest BCUT2D eigenvalue weighted by atomic mass is 10.0. The van der Waals surface area contributed by atoms with Gasteiger partial charge in [0.2, 0.25) is 11.9 Å². The Balaban J connectivity index is 1.79. The molecule has 0 saturated heterocycles. The summed E-state index contributed by atoms with van der Waals surface area (Å²) in [6.07, 6.45) is 17.8. The lowest BCUT2D eigenvalue weighted by Gasteiger charge is -2.33. The van der Waals surface area contributed by atoms with Crippen LogP contribution in [-0.4, -0.2) is 93.5 Å². The van der Waals surface area contributed by atoms with Gasteiger partial charge in [-0.2, -0.15) is 4.99 Å². The van der Waals surface area contributed by atoms with Crippen molar-refractivity contribution in [3.05, 3.63) is 29.3 Å². The number of aliphatic hydroxyl groups excluding tert-OH is 1. The number of carbonyl (C=O) groups is 2. The zero-order chi connectivity index (χ0) is 41.6.